The molecule has 0 heterocycles. The van der Waals surface area contributed by atoms with Gasteiger partial charge in [0, 0.05) is 12.3 Å². The Kier molecular flexibility index (Phi) is 4.71. The molecule has 0 bridgehead atoms. The zero-order chi connectivity index (χ0) is 13.8. The summed E-state index contributed by atoms with van der Waals surface area (Å²) in [6.07, 6.45) is 1.39. The van der Waals surface area contributed by atoms with Crippen LogP contribution in [0.5, 0.6) is 0 Å². The number of amides is 2. The second-order valence-electron chi connectivity index (χ2n) is 3.92. The third kappa shape index (κ3) is 4.28. The SMILES string of the molecule is O=C(NCCSC(F)(F)F)NC1(C(=O)O)CCC1. The minimum absolute atomic E-state index is 0.175. The molecule has 5 nitrogen and oxygen atoms in total. The number of alkyl halides is 3. The molecule has 3 N–H and O–H groups in total. The van der Waals surface area contributed by atoms with E-state index in [0.29, 0.717) is 19.3 Å². The molecule has 18 heavy (non-hydrogen) atoms. The van der Waals surface area contributed by atoms with Crippen LogP contribution in [0.3, 0.4) is 0 Å². The number of carbonyl (C=O) groups excluding carboxylic acids is 1. The molecule has 0 atom stereocenters. The van der Waals surface area contributed by atoms with Crippen LogP contribution < -0.4 is 10.6 Å². The van der Waals surface area contributed by atoms with Gasteiger partial charge in [-0.15, -0.1) is 0 Å². The van der Waals surface area contributed by atoms with Gasteiger partial charge in [-0.3, -0.25) is 0 Å². The maximum Gasteiger partial charge on any atom is 0.441 e. The van der Waals surface area contributed by atoms with Gasteiger partial charge in [0.05, 0.1) is 0 Å². The summed E-state index contributed by atoms with van der Waals surface area (Å²) in [7, 11) is 0. The first kappa shape index (κ1) is 14.9. The van der Waals surface area contributed by atoms with Gasteiger partial charge in [-0.2, -0.15) is 13.2 Å². The Hall–Kier alpha value is -1.12. The van der Waals surface area contributed by atoms with Crippen LogP contribution in [0.2, 0.25) is 0 Å². The maximum absolute atomic E-state index is 11.8. The van der Waals surface area contributed by atoms with E-state index < -0.39 is 23.0 Å². The Bertz CT molecular complexity index is 332. The van der Waals surface area contributed by atoms with Crippen molar-refractivity contribution < 1.29 is 27.9 Å². The zero-order valence-electron chi connectivity index (χ0n) is 9.34. The predicted molar refractivity (Wildman–Crippen MR) is 59.3 cm³/mol. The van der Waals surface area contributed by atoms with Crippen LogP contribution in [0, 0.1) is 0 Å². The number of aliphatic carboxylic acids is 1. The molecule has 0 aliphatic heterocycles. The van der Waals surface area contributed by atoms with E-state index in [9.17, 15) is 22.8 Å². The van der Waals surface area contributed by atoms with E-state index in [-0.39, 0.29) is 24.1 Å². The lowest BCUT2D eigenvalue weighted by molar-refractivity contribution is -0.148. The van der Waals surface area contributed by atoms with Crippen molar-refractivity contribution in [2.75, 3.05) is 12.3 Å². The van der Waals surface area contributed by atoms with E-state index in [1.807, 2.05) is 0 Å². The molecule has 1 aliphatic rings. The molecule has 0 spiro atoms. The number of carbonyl (C=O) groups is 2. The second-order valence-corrected chi connectivity index (χ2v) is 5.08. The molecule has 0 aromatic rings. The monoisotopic (exact) mass is 286 g/mol. The smallest absolute Gasteiger partial charge is 0.441 e. The van der Waals surface area contributed by atoms with E-state index in [1.54, 1.807) is 0 Å². The van der Waals surface area contributed by atoms with Gasteiger partial charge < -0.3 is 15.7 Å². The molecule has 1 aliphatic carbocycles. The van der Waals surface area contributed by atoms with Crippen molar-refractivity contribution in [2.45, 2.75) is 30.3 Å². The summed E-state index contributed by atoms with van der Waals surface area (Å²) in [5, 5.41) is 13.4. The molecular formula is C9H13F3N2O3S. The maximum atomic E-state index is 11.8. The first-order valence-electron chi connectivity index (χ1n) is 5.25. The summed E-state index contributed by atoms with van der Waals surface area (Å²) in [6.45, 7) is -0.175. The zero-order valence-corrected chi connectivity index (χ0v) is 10.2. The molecule has 0 saturated heterocycles. The van der Waals surface area contributed by atoms with Crippen LogP contribution in [-0.4, -0.2) is 40.5 Å². The van der Waals surface area contributed by atoms with Gasteiger partial charge in [0.1, 0.15) is 5.54 Å². The second kappa shape index (κ2) is 5.68. The minimum atomic E-state index is -4.32. The first-order chi connectivity index (χ1) is 8.25. The standard InChI is InChI=1S/C9H13F3N2O3S/c10-9(11,12)18-5-4-13-7(17)14-8(6(15)16)2-1-3-8/h1-5H2,(H,15,16)(H2,13,14,17). The van der Waals surface area contributed by atoms with Gasteiger partial charge in [-0.25, -0.2) is 9.59 Å². The van der Waals surface area contributed by atoms with Crippen LogP contribution in [0.1, 0.15) is 19.3 Å². The van der Waals surface area contributed by atoms with E-state index in [4.69, 9.17) is 5.11 Å². The Balaban J connectivity index is 2.24. The van der Waals surface area contributed by atoms with Crippen molar-refractivity contribution in [3.63, 3.8) is 0 Å². The molecule has 1 fully saturated rings. The fourth-order valence-corrected chi connectivity index (χ4v) is 1.95. The van der Waals surface area contributed by atoms with Crippen LogP contribution in [0.4, 0.5) is 18.0 Å². The normalized spacial score (nSPS) is 17.7. The average molecular weight is 286 g/mol. The lowest BCUT2D eigenvalue weighted by Gasteiger charge is -2.38. The fraction of sp³-hybridized carbons (Fsp3) is 0.778. The highest BCUT2D eigenvalue weighted by atomic mass is 32.2. The van der Waals surface area contributed by atoms with Crippen LogP contribution in [0.25, 0.3) is 0 Å². The number of hydrogen-bond donors (Lipinski definition) is 3. The number of rotatable bonds is 5. The lowest BCUT2D eigenvalue weighted by atomic mass is 9.77. The molecule has 1 rings (SSSR count). The highest BCUT2D eigenvalue weighted by Crippen LogP contribution is 2.32. The Morgan fingerprint density at radius 3 is 2.33 bits per heavy atom. The van der Waals surface area contributed by atoms with Crippen molar-refractivity contribution in [1.29, 1.82) is 0 Å². The lowest BCUT2D eigenvalue weighted by Crippen LogP contribution is -2.61. The topological polar surface area (TPSA) is 78.4 Å². The summed E-state index contributed by atoms with van der Waals surface area (Å²) in [5.74, 6) is -1.43. The quantitative estimate of drug-likeness (QED) is 0.670. The Morgan fingerprint density at radius 1 is 1.33 bits per heavy atom. The molecule has 1 saturated carbocycles. The van der Waals surface area contributed by atoms with Crippen LogP contribution in [-0.2, 0) is 4.79 Å². The van der Waals surface area contributed by atoms with E-state index in [1.165, 1.54) is 0 Å². The molecule has 2 amide bonds. The number of hydrogen-bond acceptors (Lipinski definition) is 3. The Labute approximate surface area is 105 Å². The van der Waals surface area contributed by atoms with Crippen LogP contribution >= 0.6 is 11.8 Å². The van der Waals surface area contributed by atoms with Gasteiger partial charge in [-0.05, 0) is 31.0 Å². The summed E-state index contributed by atoms with van der Waals surface area (Å²) < 4.78 is 35.3. The number of halogens is 3. The van der Waals surface area contributed by atoms with E-state index in [2.05, 4.69) is 10.6 Å². The van der Waals surface area contributed by atoms with Crippen molar-refractivity contribution in [3.05, 3.63) is 0 Å². The van der Waals surface area contributed by atoms with Crippen molar-refractivity contribution in [1.82, 2.24) is 10.6 Å². The highest BCUT2D eigenvalue weighted by molar-refractivity contribution is 8.00. The van der Waals surface area contributed by atoms with Gasteiger partial charge in [0.15, 0.2) is 0 Å². The summed E-state index contributed by atoms with van der Waals surface area (Å²) in [6, 6.07) is -0.750. The molecule has 0 unspecified atom stereocenters. The summed E-state index contributed by atoms with van der Waals surface area (Å²) in [4.78, 5) is 22.2. The molecule has 104 valence electrons. The van der Waals surface area contributed by atoms with Gasteiger partial charge >= 0.3 is 17.5 Å². The first-order valence-corrected chi connectivity index (χ1v) is 6.24. The molecule has 0 aromatic heterocycles. The largest absolute Gasteiger partial charge is 0.480 e. The number of carboxylic acids is 1. The van der Waals surface area contributed by atoms with Crippen molar-refractivity contribution in [2.24, 2.45) is 0 Å². The number of thioether (sulfide) groups is 1. The molecular weight excluding hydrogens is 273 g/mol. The third-order valence-electron chi connectivity index (χ3n) is 2.62. The number of urea groups is 1. The van der Waals surface area contributed by atoms with Crippen molar-refractivity contribution >= 4 is 23.8 Å². The number of nitrogens with one attached hydrogen (secondary N) is 2. The molecule has 0 radical (unpaired) electrons. The Morgan fingerprint density at radius 2 is 1.94 bits per heavy atom. The van der Waals surface area contributed by atoms with Gasteiger partial charge in [-0.1, -0.05) is 0 Å². The summed E-state index contributed by atoms with van der Waals surface area (Å²) in [5.41, 5.74) is -5.57. The highest BCUT2D eigenvalue weighted by Gasteiger charge is 2.45. The molecule has 0 aromatic carbocycles. The molecule has 9 heteroatoms. The third-order valence-corrected chi connectivity index (χ3v) is 3.36. The predicted octanol–water partition coefficient (Wildman–Crippen LogP) is 1.55. The fourth-order valence-electron chi connectivity index (χ4n) is 1.52. The van der Waals surface area contributed by atoms with E-state index in [0.717, 1.165) is 0 Å². The minimum Gasteiger partial charge on any atom is -0.480 e. The van der Waals surface area contributed by atoms with Crippen molar-refractivity contribution in [3.8, 4) is 0 Å². The van der Waals surface area contributed by atoms with Crippen LogP contribution in [0.15, 0.2) is 0 Å². The number of carboxylic acid groups (broad SMARTS) is 1. The van der Waals surface area contributed by atoms with E-state index >= 15 is 0 Å². The van der Waals surface area contributed by atoms with Gasteiger partial charge in [0.2, 0.25) is 0 Å². The van der Waals surface area contributed by atoms with Gasteiger partial charge in [0.25, 0.3) is 0 Å². The summed E-state index contributed by atoms with van der Waals surface area (Å²) >= 11 is -0.239. The average Bonchev–Trinajstić information content (AvgIpc) is 2.16.